The number of nitrogens with zero attached hydrogens (tertiary/aromatic N) is 1. The molecule has 1 rings (SSSR count). The number of nitro groups is 1. The van der Waals surface area contributed by atoms with Crippen molar-refractivity contribution in [3.05, 3.63) is 40.0 Å². The van der Waals surface area contributed by atoms with Gasteiger partial charge in [0.15, 0.2) is 0 Å². The van der Waals surface area contributed by atoms with E-state index in [9.17, 15) is 19.7 Å². The average Bonchev–Trinajstić information content (AvgIpc) is 2.30. The minimum absolute atomic E-state index is 0.153. The lowest BCUT2D eigenvalue weighted by atomic mass is 10.1. The first-order valence-electron chi connectivity index (χ1n) is 5.21. The van der Waals surface area contributed by atoms with Crippen molar-refractivity contribution < 1.29 is 14.5 Å². The number of nitro benzene ring substituents is 1. The Hall–Kier alpha value is -2.50. The van der Waals surface area contributed by atoms with E-state index in [2.05, 4.69) is 5.32 Å². The molecule has 94 valence electrons. The second kappa shape index (κ2) is 6.29. The summed E-state index contributed by atoms with van der Waals surface area (Å²) in [6, 6.07) is 4.42. The minimum Gasteiger partial charge on any atom is -0.321 e. The van der Waals surface area contributed by atoms with Crippen LogP contribution >= 0.6 is 0 Å². The molecule has 1 N–H and O–H groups in total. The Kier molecular flexibility index (Phi) is 4.74. The van der Waals surface area contributed by atoms with Gasteiger partial charge in [-0.1, -0.05) is 18.2 Å². The molecule has 18 heavy (non-hydrogen) atoms. The summed E-state index contributed by atoms with van der Waals surface area (Å²) in [6.45, 7) is 1.28. The molecule has 0 atom stereocenters. The number of hydrogen-bond acceptors (Lipinski definition) is 4. The molecule has 0 fully saturated rings. The van der Waals surface area contributed by atoms with Gasteiger partial charge in [-0.05, 0) is 11.6 Å². The van der Waals surface area contributed by atoms with Crippen LogP contribution in [0, 0.1) is 10.1 Å². The second-order valence-corrected chi connectivity index (χ2v) is 3.52. The number of aldehydes is 1. The van der Waals surface area contributed by atoms with Gasteiger partial charge in [-0.3, -0.25) is 14.9 Å². The molecule has 0 bridgehead atoms. The number of benzene rings is 1. The Labute approximate surface area is 103 Å². The monoisotopic (exact) mass is 248 g/mol. The lowest BCUT2D eigenvalue weighted by Gasteiger charge is -2.04. The third kappa shape index (κ3) is 3.82. The Morgan fingerprint density at radius 3 is 2.78 bits per heavy atom. The summed E-state index contributed by atoms with van der Waals surface area (Å²) in [7, 11) is 0. The van der Waals surface area contributed by atoms with Gasteiger partial charge in [-0.25, -0.2) is 0 Å². The van der Waals surface area contributed by atoms with Crippen LogP contribution in [0.3, 0.4) is 0 Å². The molecule has 0 unspecified atom stereocenters. The number of rotatable bonds is 5. The summed E-state index contributed by atoms with van der Waals surface area (Å²) < 4.78 is 0. The van der Waals surface area contributed by atoms with Gasteiger partial charge in [0.1, 0.15) is 12.0 Å². The van der Waals surface area contributed by atoms with Crippen LogP contribution in [0.25, 0.3) is 6.08 Å². The smallest absolute Gasteiger partial charge is 0.293 e. The highest BCUT2D eigenvalue weighted by Gasteiger charge is 2.14. The summed E-state index contributed by atoms with van der Waals surface area (Å²) in [6.07, 6.45) is 4.20. The maximum atomic E-state index is 10.9. The zero-order valence-corrected chi connectivity index (χ0v) is 9.75. The highest BCUT2D eigenvalue weighted by Crippen LogP contribution is 2.26. The molecule has 1 aromatic rings. The van der Waals surface area contributed by atoms with Gasteiger partial charge in [-0.2, -0.15) is 0 Å². The van der Waals surface area contributed by atoms with Crippen LogP contribution in [-0.2, 0) is 9.59 Å². The molecule has 1 aromatic carbocycles. The van der Waals surface area contributed by atoms with E-state index in [0.717, 1.165) is 6.29 Å². The lowest BCUT2D eigenvalue weighted by Crippen LogP contribution is -2.08. The summed E-state index contributed by atoms with van der Waals surface area (Å²) in [5.41, 5.74) is 0.566. The van der Waals surface area contributed by atoms with Crippen molar-refractivity contribution in [3.63, 3.8) is 0 Å². The first kappa shape index (κ1) is 13.6. The average molecular weight is 248 g/mol. The predicted octanol–water partition coefficient (Wildman–Crippen LogP) is 2.16. The van der Waals surface area contributed by atoms with Gasteiger partial charge in [0.05, 0.1) is 4.92 Å². The number of amides is 1. The van der Waals surface area contributed by atoms with E-state index in [1.165, 1.54) is 19.1 Å². The maximum absolute atomic E-state index is 10.9. The summed E-state index contributed by atoms with van der Waals surface area (Å²) in [5.74, 6) is -0.373. The topological polar surface area (TPSA) is 89.3 Å². The van der Waals surface area contributed by atoms with Crippen molar-refractivity contribution in [2.24, 2.45) is 0 Å². The van der Waals surface area contributed by atoms with Crippen molar-refractivity contribution in [3.8, 4) is 0 Å². The quantitative estimate of drug-likeness (QED) is 0.491. The zero-order chi connectivity index (χ0) is 13.5. The molecule has 0 aliphatic carbocycles. The molecule has 0 spiro atoms. The Morgan fingerprint density at radius 1 is 1.50 bits per heavy atom. The highest BCUT2D eigenvalue weighted by molar-refractivity contribution is 5.91. The van der Waals surface area contributed by atoms with Crippen LogP contribution < -0.4 is 5.32 Å². The van der Waals surface area contributed by atoms with Crippen molar-refractivity contribution in [1.29, 1.82) is 0 Å². The summed E-state index contributed by atoms with van der Waals surface area (Å²) in [5, 5.41) is 13.2. The maximum Gasteiger partial charge on any atom is 0.293 e. The Bertz CT molecular complexity index is 509. The second-order valence-electron chi connectivity index (χ2n) is 3.52. The zero-order valence-electron chi connectivity index (χ0n) is 9.75. The molecular formula is C12H12N2O4. The fourth-order valence-electron chi connectivity index (χ4n) is 1.36. The molecule has 0 saturated heterocycles. The SMILES string of the molecule is CC(=O)Nc1ccc(C=CCC=O)cc1[N+](=O)[O-]. The van der Waals surface area contributed by atoms with Crippen LogP contribution in [0.15, 0.2) is 24.3 Å². The first-order chi connectivity index (χ1) is 8.54. The predicted molar refractivity (Wildman–Crippen MR) is 67.1 cm³/mol. The first-order valence-corrected chi connectivity index (χ1v) is 5.21. The number of nitrogens with one attached hydrogen (secondary N) is 1. The summed E-state index contributed by atoms with van der Waals surface area (Å²) >= 11 is 0. The van der Waals surface area contributed by atoms with E-state index in [0.29, 0.717) is 5.56 Å². The van der Waals surface area contributed by atoms with Crippen molar-refractivity contribution in [2.75, 3.05) is 5.32 Å². The molecule has 0 radical (unpaired) electrons. The molecule has 0 saturated carbocycles. The van der Waals surface area contributed by atoms with Crippen molar-refractivity contribution >= 4 is 29.6 Å². The fourth-order valence-corrected chi connectivity index (χ4v) is 1.36. The van der Waals surface area contributed by atoms with Crippen LogP contribution in [0.5, 0.6) is 0 Å². The van der Waals surface area contributed by atoms with Gasteiger partial charge >= 0.3 is 0 Å². The van der Waals surface area contributed by atoms with Crippen LogP contribution in [-0.4, -0.2) is 17.1 Å². The highest BCUT2D eigenvalue weighted by atomic mass is 16.6. The van der Waals surface area contributed by atoms with Gasteiger partial charge < -0.3 is 10.1 Å². The third-order valence-corrected chi connectivity index (χ3v) is 2.07. The number of carbonyl (C=O) groups is 2. The molecule has 0 aromatic heterocycles. The molecule has 0 aliphatic rings. The van der Waals surface area contributed by atoms with E-state index in [4.69, 9.17) is 0 Å². The third-order valence-electron chi connectivity index (χ3n) is 2.07. The fraction of sp³-hybridized carbons (Fsp3) is 0.167. The van der Waals surface area contributed by atoms with E-state index in [1.807, 2.05) is 0 Å². The molecule has 1 amide bonds. The molecular weight excluding hydrogens is 236 g/mol. The van der Waals surface area contributed by atoms with E-state index < -0.39 is 4.92 Å². The standard InChI is InChI=1S/C12H12N2O4/c1-9(16)13-11-6-5-10(4-2-3-7-15)8-12(11)14(17)18/h2,4-8H,3H2,1H3,(H,13,16). The van der Waals surface area contributed by atoms with E-state index >= 15 is 0 Å². The molecule has 0 aliphatic heterocycles. The number of carbonyl (C=O) groups excluding carboxylic acids is 2. The van der Waals surface area contributed by atoms with Gasteiger partial charge in [0, 0.05) is 19.4 Å². The number of hydrogen-bond donors (Lipinski definition) is 1. The van der Waals surface area contributed by atoms with Crippen LogP contribution in [0.2, 0.25) is 0 Å². The number of anilines is 1. The van der Waals surface area contributed by atoms with Crippen LogP contribution in [0.1, 0.15) is 18.9 Å². The van der Waals surface area contributed by atoms with E-state index in [-0.39, 0.29) is 23.7 Å². The van der Waals surface area contributed by atoms with E-state index in [1.54, 1.807) is 18.2 Å². The summed E-state index contributed by atoms with van der Waals surface area (Å²) in [4.78, 5) is 31.3. The lowest BCUT2D eigenvalue weighted by molar-refractivity contribution is -0.383. The van der Waals surface area contributed by atoms with Crippen molar-refractivity contribution in [2.45, 2.75) is 13.3 Å². The number of allylic oxidation sites excluding steroid dienone is 1. The molecule has 6 nitrogen and oxygen atoms in total. The Balaban J connectivity index is 3.06. The van der Waals surface area contributed by atoms with Gasteiger partial charge in [-0.15, -0.1) is 0 Å². The van der Waals surface area contributed by atoms with Gasteiger partial charge in [0.2, 0.25) is 5.91 Å². The normalized spacial score (nSPS) is 10.3. The largest absolute Gasteiger partial charge is 0.321 e. The van der Waals surface area contributed by atoms with Crippen LogP contribution in [0.4, 0.5) is 11.4 Å². The Morgan fingerprint density at radius 2 is 2.22 bits per heavy atom. The van der Waals surface area contributed by atoms with Gasteiger partial charge in [0.25, 0.3) is 5.69 Å². The minimum atomic E-state index is -0.567. The molecule has 0 heterocycles. The molecule has 6 heteroatoms. The van der Waals surface area contributed by atoms with Crippen molar-refractivity contribution in [1.82, 2.24) is 0 Å².